The molecule has 0 saturated heterocycles. The summed E-state index contributed by atoms with van der Waals surface area (Å²) in [4.78, 5) is 14.7. The predicted octanol–water partition coefficient (Wildman–Crippen LogP) is 5.31. The highest BCUT2D eigenvalue weighted by Gasteiger charge is 2.12. The Kier molecular flexibility index (Phi) is 6.72. The van der Waals surface area contributed by atoms with Gasteiger partial charge in [0.15, 0.2) is 0 Å². The van der Waals surface area contributed by atoms with Crippen LogP contribution in [0.25, 0.3) is 0 Å². The van der Waals surface area contributed by atoms with Crippen LogP contribution >= 0.6 is 11.8 Å². The van der Waals surface area contributed by atoms with E-state index in [1.54, 1.807) is 11.8 Å². The van der Waals surface area contributed by atoms with Crippen molar-refractivity contribution in [2.45, 2.75) is 43.4 Å². The lowest BCUT2D eigenvalue weighted by molar-refractivity contribution is 0.0949. The van der Waals surface area contributed by atoms with E-state index in [-0.39, 0.29) is 5.91 Å². The molecule has 0 atom stereocenters. The molecule has 2 nitrogen and oxygen atoms in total. The van der Waals surface area contributed by atoms with E-state index in [0.29, 0.717) is 5.92 Å². The Bertz CT molecular complexity index is 652. The Morgan fingerprint density at radius 2 is 1.70 bits per heavy atom. The zero-order chi connectivity index (χ0) is 16.7. The number of carbonyl (C=O) groups is 1. The van der Waals surface area contributed by atoms with Gasteiger partial charge in [0.2, 0.25) is 0 Å². The zero-order valence-corrected chi connectivity index (χ0v) is 15.0. The number of rotatable bonds is 7. The number of benzene rings is 2. The van der Waals surface area contributed by atoms with Gasteiger partial charge in [-0.05, 0) is 49.4 Å². The first kappa shape index (κ1) is 17.6. The molecule has 0 aliphatic heterocycles. The molecule has 0 fully saturated rings. The zero-order valence-electron chi connectivity index (χ0n) is 14.1. The topological polar surface area (TPSA) is 29.1 Å². The maximum atomic E-state index is 12.5. The van der Waals surface area contributed by atoms with E-state index in [1.165, 1.54) is 10.5 Å². The smallest absolute Gasteiger partial charge is 0.252 e. The summed E-state index contributed by atoms with van der Waals surface area (Å²) in [6.45, 7) is 7.24. The van der Waals surface area contributed by atoms with Crippen LogP contribution in [0, 0.1) is 12.8 Å². The first-order chi connectivity index (χ1) is 11.1. The van der Waals surface area contributed by atoms with Gasteiger partial charge in [-0.2, -0.15) is 0 Å². The molecule has 0 unspecified atom stereocenters. The van der Waals surface area contributed by atoms with E-state index in [2.05, 4.69) is 38.2 Å². The monoisotopic (exact) mass is 327 g/mol. The summed E-state index contributed by atoms with van der Waals surface area (Å²) < 4.78 is 0. The quantitative estimate of drug-likeness (QED) is 0.698. The fraction of sp³-hybridized carbons (Fsp3) is 0.350. The number of aryl methyl sites for hydroxylation is 1. The second-order valence-corrected chi connectivity index (χ2v) is 7.24. The van der Waals surface area contributed by atoms with Crippen LogP contribution in [-0.4, -0.2) is 12.5 Å². The fourth-order valence-corrected chi connectivity index (χ4v) is 3.37. The summed E-state index contributed by atoms with van der Waals surface area (Å²) in [7, 11) is 0. The van der Waals surface area contributed by atoms with Crippen molar-refractivity contribution in [3.05, 3.63) is 59.7 Å². The van der Waals surface area contributed by atoms with E-state index in [1.807, 2.05) is 36.4 Å². The molecule has 0 heterocycles. The van der Waals surface area contributed by atoms with Gasteiger partial charge in [0.05, 0.1) is 5.56 Å². The summed E-state index contributed by atoms with van der Waals surface area (Å²) >= 11 is 1.65. The summed E-state index contributed by atoms with van der Waals surface area (Å²) in [5.74, 6) is 0.696. The van der Waals surface area contributed by atoms with Gasteiger partial charge >= 0.3 is 0 Å². The number of carbonyl (C=O) groups excluding carboxylic acids is 1. The van der Waals surface area contributed by atoms with Crippen LogP contribution in [0.4, 0.5) is 0 Å². The average molecular weight is 327 g/mol. The van der Waals surface area contributed by atoms with Gasteiger partial charge in [0.1, 0.15) is 0 Å². The first-order valence-electron chi connectivity index (χ1n) is 8.18. The molecule has 2 aromatic carbocycles. The maximum absolute atomic E-state index is 12.5. The lowest BCUT2D eigenvalue weighted by Gasteiger charge is -2.11. The van der Waals surface area contributed by atoms with Crippen LogP contribution in [0.3, 0.4) is 0 Å². The minimum atomic E-state index is 0.0189. The Hall–Kier alpha value is -1.74. The molecule has 0 radical (unpaired) electrons. The molecule has 0 aliphatic rings. The molecule has 2 rings (SSSR count). The number of amides is 1. The molecular formula is C20H25NOS. The van der Waals surface area contributed by atoms with E-state index >= 15 is 0 Å². The van der Waals surface area contributed by atoms with Crippen LogP contribution in [-0.2, 0) is 0 Å². The second kappa shape index (κ2) is 8.78. The highest BCUT2D eigenvalue weighted by Crippen LogP contribution is 2.32. The van der Waals surface area contributed by atoms with Crippen LogP contribution < -0.4 is 5.32 Å². The van der Waals surface area contributed by atoms with Crippen molar-refractivity contribution in [2.75, 3.05) is 6.54 Å². The van der Waals surface area contributed by atoms with Crippen molar-refractivity contribution >= 4 is 17.7 Å². The molecule has 2 aromatic rings. The molecule has 0 aliphatic carbocycles. The predicted molar refractivity (Wildman–Crippen MR) is 98.1 cm³/mol. The van der Waals surface area contributed by atoms with Crippen LogP contribution in [0.2, 0.25) is 0 Å². The van der Waals surface area contributed by atoms with Crippen molar-refractivity contribution in [1.29, 1.82) is 0 Å². The number of hydrogen-bond donors (Lipinski definition) is 1. The van der Waals surface area contributed by atoms with Gasteiger partial charge in [0, 0.05) is 16.3 Å². The molecule has 122 valence electrons. The molecule has 1 amide bonds. The Balaban J connectivity index is 2.05. The highest BCUT2D eigenvalue weighted by molar-refractivity contribution is 7.99. The number of hydrogen-bond acceptors (Lipinski definition) is 2. The molecule has 0 bridgehead atoms. The van der Waals surface area contributed by atoms with Crippen molar-refractivity contribution in [2.24, 2.45) is 5.92 Å². The highest BCUT2D eigenvalue weighted by atomic mass is 32.2. The third-order valence-electron chi connectivity index (χ3n) is 3.69. The van der Waals surface area contributed by atoms with Gasteiger partial charge in [-0.25, -0.2) is 0 Å². The average Bonchev–Trinajstić information content (AvgIpc) is 2.54. The normalized spacial score (nSPS) is 10.8. The molecule has 0 aromatic heterocycles. The van der Waals surface area contributed by atoms with Gasteiger partial charge in [-0.3, -0.25) is 4.79 Å². The molecule has 3 heteroatoms. The Morgan fingerprint density at radius 3 is 2.39 bits per heavy atom. The minimum Gasteiger partial charge on any atom is -0.352 e. The minimum absolute atomic E-state index is 0.0189. The third kappa shape index (κ3) is 5.43. The van der Waals surface area contributed by atoms with Crippen LogP contribution in [0.15, 0.2) is 58.3 Å². The van der Waals surface area contributed by atoms with Crippen molar-refractivity contribution in [3.8, 4) is 0 Å². The molecular weight excluding hydrogens is 302 g/mol. The standard InChI is InChI=1S/C20H25NOS/c1-15(2)9-8-14-21-20(22)17-11-5-7-13-19(17)23-18-12-6-4-10-16(18)3/h4-7,10-13,15H,8-9,14H2,1-3H3,(H,21,22). The summed E-state index contributed by atoms with van der Waals surface area (Å²) in [5, 5.41) is 3.04. The molecule has 1 N–H and O–H groups in total. The van der Waals surface area contributed by atoms with E-state index in [0.717, 1.165) is 29.8 Å². The summed E-state index contributed by atoms with van der Waals surface area (Å²) in [6.07, 6.45) is 2.16. The lowest BCUT2D eigenvalue weighted by Crippen LogP contribution is -2.25. The third-order valence-corrected chi connectivity index (χ3v) is 4.94. The molecule has 0 spiro atoms. The van der Waals surface area contributed by atoms with Crippen molar-refractivity contribution in [1.82, 2.24) is 5.32 Å². The van der Waals surface area contributed by atoms with Gasteiger partial charge in [0.25, 0.3) is 5.91 Å². The van der Waals surface area contributed by atoms with E-state index in [4.69, 9.17) is 0 Å². The summed E-state index contributed by atoms with van der Waals surface area (Å²) in [6, 6.07) is 16.1. The molecule has 0 saturated carbocycles. The summed E-state index contributed by atoms with van der Waals surface area (Å²) in [5.41, 5.74) is 1.98. The molecule has 23 heavy (non-hydrogen) atoms. The SMILES string of the molecule is Cc1ccccc1Sc1ccccc1C(=O)NCCCC(C)C. The van der Waals surface area contributed by atoms with Gasteiger partial charge in [-0.1, -0.05) is 55.9 Å². The lowest BCUT2D eigenvalue weighted by atomic mass is 10.1. The first-order valence-corrected chi connectivity index (χ1v) is 9.00. The Morgan fingerprint density at radius 1 is 1.04 bits per heavy atom. The van der Waals surface area contributed by atoms with Crippen LogP contribution in [0.5, 0.6) is 0 Å². The van der Waals surface area contributed by atoms with E-state index < -0.39 is 0 Å². The largest absolute Gasteiger partial charge is 0.352 e. The fourth-order valence-electron chi connectivity index (χ4n) is 2.34. The van der Waals surface area contributed by atoms with Gasteiger partial charge in [-0.15, -0.1) is 0 Å². The number of nitrogens with one attached hydrogen (secondary N) is 1. The second-order valence-electron chi connectivity index (χ2n) is 6.16. The van der Waals surface area contributed by atoms with E-state index in [9.17, 15) is 4.79 Å². The van der Waals surface area contributed by atoms with Crippen molar-refractivity contribution in [3.63, 3.8) is 0 Å². The Labute approximate surface area is 143 Å². The maximum Gasteiger partial charge on any atom is 0.252 e. The van der Waals surface area contributed by atoms with Gasteiger partial charge < -0.3 is 5.32 Å². The van der Waals surface area contributed by atoms with Crippen molar-refractivity contribution < 1.29 is 4.79 Å². The van der Waals surface area contributed by atoms with Crippen LogP contribution in [0.1, 0.15) is 42.6 Å².